The van der Waals surface area contributed by atoms with Crippen molar-refractivity contribution in [2.75, 3.05) is 56.0 Å². The molecule has 0 unspecified atom stereocenters. The Bertz CT molecular complexity index is 1230. The normalized spacial score (nSPS) is 18.8. The van der Waals surface area contributed by atoms with Crippen LogP contribution in [0.25, 0.3) is 11.3 Å². The van der Waals surface area contributed by atoms with Gasteiger partial charge in [0, 0.05) is 58.7 Å². The van der Waals surface area contributed by atoms with E-state index in [1.54, 1.807) is 30.7 Å². The van der Waals surface area contributed by atoms with Crippen LogP contribution < -0.4 is 10.2 Å². The fourth-order valence-corrected chi connectivity index (χ4v) is 4.64. The number of hydrogen-bond acceptors (Lipinski definition) is 9. The van der Waals surface area contributed by atoms with Crippen LogP contribution in [0.3, 0.4) is 0 Å². The van der Waals surface area contributed by atoms with Crippen LogP contribution in [0.15, 0.2) is 42.9 Å². The van der Waals surface area contributed by atoms with Gasteiger partial charge in [-0.3, -0.25) is 9.88 Å². The lowest BCUT2D eigenvalue weighted by molar-refractivity contribution is 0.131. The van der Waals surface area contributed by atoms with Gasteiger partial charge in [-0.05, 0) is 37.2 Å². The summed E-state index contributed by atoms with van der Waals surface area (Å²) in [6.45, 7) is 9.33. The molecule has 0 amide bonds. The largest absolute Gasteiger partial charge is 0.352 e. The lowest BCUT2D eigenvalue weighted by atomic mass is 10.1. The zero-order valence-corrected chi connectivity index (χ0v) is 20.4. The van der Waals surface area contributed by atoms with Gasteiger partial charge >= 0.3 is 0 Å². The molecule has 36 heavy (non-hydrogen) atoms. The summed E-state index contributed by atoms with van der Waals surface area (Å²) in [5, 5.41) is 12.9. The molecule has 0 bridgehead atoms. The molecule has 0 spiro atoms. The second kappa shape index (κ2) is 10.9. The lowest BCUT2D eigenvalue weighted by Crippen LogP contribution is -2.45. The molecule has 2 fully saturated rings. The van der Waals surface area contributed by atoms with E-state index in [2.05, 4.69) is 48.0 Å². The molecule has 2 saturated heterocycles. The number of nitrogens with one attached hydrogen (secondary N) is 1. The van der Waals surface area contributed by atoms with Crippen molar-refractivity contribution in [3.8, 4) is 17.3 Å². The SMILES string of the molecule is CCN1CCN(Cc2ccc(Nc3nccc(-c4cnc(N5CC[C@H](F)C5)c(C#N)c4)n3)cn2)CC1.[HH]. The number of pyridine rings is 2. The van der Waals surface area contributed by atoms with Crippen molar-refractivity contribution in [3.05, 3.63) is 54.1 Å². The Kier molecular flexibility index (Phi) is 7.30. The minimum atomic E-state index is -0.881. The molecule has 1 atom stereocenters. The summed E-state index contributed by atoms with van der Waals surface area (Å²) in [6.07, 6.45) is 4.71. The predicted octanol–water partition coefficient (Wildman–Crippen LogP) is 3.48. The van der Waals surface area contributed by atoms with Gasteiger partial charge in [0.2, 0.25) is 5.95 Å². The van der Waals surface area contributed by atoms with Crippen LogP contribution in [-0.2, 0) is 6.54 Å². The highest BCUT2D eigenvalue weighted by Crippen LogP contribution is 2.27. The second-order valence-corrected chi connectivity index (χ2v) is 9.18. The summed E-state index contributed by atoms with van der Waals surface area (Å²) in [5.74, 6) is 0.951. The van der Waals surface area contributed by atoms with Crippen molar-refractivity contribution >= 4 is 17.5 Å². The Morgan fingerprint density at radius 1 is 1.08 bits per heavy atom. The summed E-state index contributed by atoms with van der Waals surface area (Å²) >= 11 is 0. The van der Waals surface area contributed by atoms with Crippen LogP contribution in [0.5, 0.6) is 0 Å². The number of nitriles is 1. The van der Waals surface area contributed by atoms with Crippen molar-refractivity contribution in [2.24, 2.45) is 0 Å². The van der Waals surface area contributed by atoms with Gasteiger partial charge in [-0.2, -0.15) is 5.26 Å². The van der Waals surface area contributed by atoms with Crippen LogP contribution in [-0.4, -0.2) is 81.7 Å². The summed E-state index contributed by atoms with van der Waals surface area (Å²) in [6, 6.07) is 9.73. The highest BCUT2D eigenvalue weighted by atomic mass is 19.1. The molecule has 3 aromatic rings. The van der Waals surface area contributed by atoms with E-state index in [4.69, 9.17) is 0 Å². The van der Waals surface area contributed by atoms with Crippen LogP contribution in [0.1, 0.15) is 26.0 Å². The number of anilines is 3. The second-order valence-electron chi connectivity index (χ2n) is 9.18. The predicted molar refractivity (Wildman–Crippen MR) is 139 cm³/mol. The summed E-state index contributed by atoms with van der Waals surface area (Å²) in [7, 11) is 0. The molecular formula is C26H32FN9. The van der Waals surface area contributed by atoms with Gasteiger partial charge in [-0.15, -0.1) is 0 Å². The number of aromatic nitrogens is 4. The molecule has 188 valence electrons. The molecule has 3 aromatic heterocycles. The molecule has 2 aliphatic heterocycles. The standard InChI is InChI=1S/C26H30FN9.H2/c1-2-34-9-11-35(12-10-34)18-23-4-3-22(16-30-23)32-26-29-7-5-24(33-26)20-13-19(14-28)25(31-15-20)36-8-6-21(27)17-36;/h3-5,7,13,15-16,21H,2,6,8-12,17-18H2,1H3,(H,29,32,33);1H/t21-;/m0./s1. The first-order valence-corrected chi connectivity index (χ1v) is 12.4. The Morgan fingerprint density at radius 3 is 2.61 bits per heavy atom. The van der Waals surface area contributed by atoms with Crippen LogP contribution in [0.4, 0.5) is 21.8 Å². The quantitative estimate of drug-likeness (QED) is 0.535. The van der Waals surface area contributed by atoms with Gasteiger partial charge in [-0.25, -0.2) is 19.3 Å². The van der Waals surface area contributed by atoms with E-state index in [1.807, 2.05) is 17.0 Å². The third-order valence-corrected chi connectivity index (χ3v) is 6.75. The van der Waals surface area contributed by atoms with E-state index in [1.165, 1.54) is 0 Å². The molecule has 9 nitrogen and oxygen atoms in total. The minimum Gasteiger partial charge on any atom is -0.352 e. The minimum absolute atomic E-state index is 0. The average Bonchev–Trinajstić information content (AvgIpc) is 3.36. The Morgan fingerprint density at radius 2 is 1.92 bits per heavy atom. The van der Waals surface area contributed by atoms with Crippen molar-refractivity contribution in [1.82, 2.24) is 29.7 Å². The maximum atomic E-state index is 13.6. The van der Waals surface area contributed by atoms with Gasteiger partial charge < -0.3 is 15.1 Å². The molecule has 0 aliphatic carbocycles. The molecule has 0 radical (unpaired) electrons. The number of halogens is 1. The van der Waals surface area contributed by atoms with E-state index in [9.17, 15) is 9.65 Å². The van der Waals surface area contributed by atoms with E-state index in [0.29, 0.717) is 41.6 Å². The maximum Gasteiger partial charge on any atom is 0.227 e. The van der Waals surface area contributed by atoms with Crippen molar-refractivity contribution in [3.63, 3.8) is 0 Å². The van der Waals surface area contributed by atoms with Crippen LogP contribution >= 0.6 is 0 Å². The number of likely N-dealkylation sites (N-methyl/N-ethyl adjacent to an activating group) is 1. The van der Waals surface area contributed by atoms with Crippen molar-refractivity contribution in [1.29, 1.82) is 5.26 Å². The topological polar surface area (TPSA) is 97.1 Å². The van der Waals surface area contributed by atoms with Crippen LogP contribution in [0.2, 0.25) is 0 Å². The Balaban J connectivity index is 0.00000320. The van der Waals surface area contributed by atoms with E-state index in [-0.39, 0.29) is 7.97 Å². The number of rotatable bonds is 7. The molecule has 5 rings (SSSR count). The smallest absolute Gasteiger partial charge is 0.227 e. The number of piperazine rings is 1. The number of alkyl halides is 1. The summed E-state index contributed by atoms with van der Waals surface area (Å²) in [5.41, 5.74) is 3.59. The van der Waals surface area contributed by atoms with E-state index in [0.717, 1.165) is 50.6 Å². The molecular weight excluding hydrogens is 457 g/mol. The summed E-state index contributed by atoms with van der Waals surface area (Å²) < 4.78 is 13.6. The van der Waals surface area contributed by atoms with Crippen LogP contribution in [0, 0.1) is 11.3 Å². The van der Waals surface area contributed by atoms with Crippen molar-refractivity contribution in [2.45, 2.75) is 26.1 Å². The Hall–Kier alpha value is -3.68. The third-order valence-electron chi connectivity index (χ3n) is 6.75. The van der Waals surface area contributed by atoms with E-state index < -0.39 is 6.17 Å². The lowest BCUT2D eigenvalue weighted by Gasteiger charge is -2.33. The molecule has 1 N–H and O–H groups in total. The first-order chi connectivity index (χ1) is 17.6. The highest BCUT2D eigenvalue weighted by Gasteiger charge is 2.25. The fraction of sp³-hybridized carbons (Fsp3) is 0.423. The van der Waals surface area contributed by atoms with Gasteiger partial charge in [0.05, 0.1) is 35.4 Å². The summed E-state index contributed by atoms with van der Waals surface area (Å²) in [4.78, 5) is 24.7. The average molecular weight is 490 g/mol. The molecule has 10 heteroatoms. The van der Waals surface area contributed by atoms with Gasteiger partial charge in [0.1, 0.15) is 18.1 Å². The molecule has 0 aromatic carbocycles. The molecule has 0 saturated carbocycles. The molecule has 2 aliphatic rings. The number of nitrogens with zero attached hydrogens (tertiary/aromatic N) is 8. The first kappa shape index (κ1) is 24.0. The zero-order chi connectivity index (χ0) is 24.9. The van der Waals surface area contributed by atoms with Gasteiger partial charge in [-0.1, -0.05) is 6.92 Å². The Labute approximate surface area is 212 Å². The zero-order valence-electron chi connectivity index (χ0n) is 20.4. The van der Waals surface area contributed by atoms with E-state index >= 15 is 0 Å². The monoisotopic (exact) mass is 489 g/mol. The number of hydrogen-bond donors (Lipinski definition) is 1. The van der Waals surface area contributed by atoms with Gasteiger partial charge in [0.15, 0.2) is 0 Å². The van der Waals surface area contributed by atoms with Gasteiger partial charge in [0.25, 0.3) is 0 Å². The highest BCUT2D eigenvalue weighted by molar-refractivity contribution is 5.67. The third kappa shape index (κ3) is 5.58. The van der Waals surface area contributed by atoms with Crippen molar-refractivity contribution < 1.29 is 5.82 Å². The first-order valence-electron chi connectivity index (χ1n) is 12.4. The fourth-order valence-electron chi connectivity index (χ4n) is 4.64. The molecule has 5 heterocycles. The maximum absolute atomic E-state index is 13.6.